The number of benzene rings is 1. The van der Waals surface area contributed by atoms with Crippen molar-refractivity contribution in [2.45, 2.75) is 13.0 Å². The molecular formula is C15H16Cl2N2O3. The first-order chi connectivity index (χ1) is 10.3. The quantitative estimate of drug-likeness (QED) is 0.907. The molecule has 0 unspecified atom stereocenters. The molecule has 0 fully saturated rings. The van der Waals surface area contributed by atoms with E-state index in [2.05, 4.69) is 0 Å². The van der Waals surface area contributed by atoms with Gasteiger partial charge in [0.2, 0.25) is 0 Å². The Morgan fingerprint density at radius 2 is 1.95 bits per heavy atom. The number of nitrogens with zero attached hydrogens (tertiary/aromatic N) is 2. The smallest absolute Gasteiger partial charge is 0.352 e. The number of aryl methyl sites for hydroxylation is 1. The summed E-state index contributed by atoms with van der Waals surface area (Å²) in [6.07, 6.45) is 0.732. The summed E-state index contributed by atoms with van der Waals surface area (Å²) in [4.78, 5) is 25.6. The molecule has 118 valence electrons. The van der Waals surface area contributed by atoms with Gasteiger partial charge in [0.05, 0.1) is 15.9 Å². The normalized spacial score (nSPS) is 11.3. The molecule has 0 spiro atoms. The van der Waals surface area contributed by atoms with Gasteiger partial charge < -0.3 is 14.6 Å². The Morgan fingerprint density at radius 1 is 1.27 bits per heavy atom. The standard InChI is InChI=1S/C15H16Cl2N2O3/c1-18(2)4-3-5-19-11-7-9(16)6-10(17)14(11)13(20)8-12(19)15(21)22/h6-8H,3-5H2,1-2H3,(H,21,22). The van der Waals surface area contributed by atoms with E-state index in [1.807, 2.05) is 19.0 Å². The highest BCUT2D eigenvalue weighted by atomic mass is 35.5. The number of rotatable bonds is 5. The highest BCUT2D eigenvalue weighted by Crippen LogP contribution is 2.26. The lowest BCUT2D eigenvalue weighted by Crippen LogP contribution is -2.21. The molecule has 0 bridgehead atoms. The minimum Gasteiger partial charge on any atom is -0.477 e. The summed E-state index contributed by atoms with van der Waals surface area (Å²) in [5, 5.41) is 10.2. The van der Waals surface area contributed by atoms with Crippen LogP contribution in [0.1, 0.15) is 16.9 Å². The van der Waals surface area contributed by atoms with Crippen molar-refractivity contribution in [3.63, 3.8) is 0 Å². The second-order valence-electron chi connectivity index (χ2n) is 5.29. The van der Waals surface area contributed by atoms with Crippen LogP contribution in [0.2, 0.25) is 10.0 Å². The number of aromatic carboxylic acids is 1. The second-order valence-corrected chi connectivity index (χ2v) is 6.13. The number of hydrogen-bond acceptors (Lipinski definition) is 3. The Balaban J connectivity index is 2.68. The molecule has 22 heavy (non-hydrogen) atoms. The lowest BCUT2D eigenvalue weighted by atomic mass is 10.1. The number of hydrogen-bond donors (Lipinski definition) is 1. The number of aromatic nitrogens is 1. The van der Waals surface area contributed by atoms with Gasteiger partial charge >= 0.3 is 5.97 Å². The van der Waals surface area contributed by atoms with E-state index in [-0.39, 0.29) is 10.7 Å². The molecule has 7 heteroatoms. The molecule has 0 aliphatic carbocycles. The lowest BCUT2D eigenvalue weighted by molar-refractivity contribution is 0.0684. The van der Waals surface area contributed by atoms with Gasteiger partial charge in [-0.15, -0.1) is 0 Å². The maximum atomic E-state index is 12.2. The molecule has 2 rings (SSSR count). The number of fused-ring (bicyclic) bond motifs is 1. The number of carbonyl (C=O) groups is 1. The van der Waals surface area contributed by atoms with Crippen molar-refractivity contribution in [2.24, 2.45) is 0 Å². The largest absolute Gasteiger partial charge is 0.477 e. The predicted molar refractivity (Wildman–Crippen MR) is 88.4 cm³/mol. The van der Waals surface area contributed by atoms with E-state index in [1.165, 1.54) is 6.07 Å². The molecule has 0 saturated heterocycles. The number of carboxylic acids is 1. The Bertz CT molecular complexity index is 784. The van der Waals surface area contributed by atoms with Crippen LogP contribution in [0.4, 0.5) is 0 Å². The fraction of sp³-hybridized carbons (Fsp3) is 0.333. The molecular weight excluding hydrogens is 327 g/mol. The van der Waals surface area contributed by atoms with Crippen molar-refractivity contribution in [1.82, 2.24) is 9.47 Å². The topological polar surface area (TPSA) is 62.5 Å². The van der Waals surface area contributed by atoms with Gasteiger partial charge in [-0.3, -0.25) is 4.79 Å². The Kier molecular flexibility index (Phi) is 5.11. The van der Waals surface area contributed by atoms with Crippen LogP contribution in [0.5, 0.6) is 0 Å². The van der Waals surface area contributed by atoms with Crippen LogP contribution in [0, 0.1) is 0 Å². The van der Waals surface area contributed by atoms with Crippen LogP contribution in [-0.2, 0) is 6.54 Å². The first kappa shape index (κ1) is 16.8. The van der Waals surface area contributed by atoms with Crippen LogP contribution in [0.15, 0.2) is 23.0 Å². The van der Waals surface area contributed by atoms with Crippen LogP contribution in [-0.4, -0.2) is 41.2 Å². The summed E-state index contributed by atoms with van der Waals surface area (Å²) in [5.74, 6) is -1.15. The molecule has 5 nitrogen and oxygen atoms in total. The third-order valence-electron chi connectivity index (χ3n) is 3.34. The van der Waals surface area contributed by atoms with Crippen molar-refractivity contribution in [3.05, 3.63) is 44.2 Å². The third kappa shape index (κ3) is 3.43. The maximum Gasteiger partial charge on any atom is 0.352 e. The van der Waals surface area contributed by atoms with Crippen molar-refractivity contribution in [1.29, 1.82) is 0 Å². The van der Waals surface area contributed by atoms with E-state index < -0.39 is 11.4 Å². The van der Waals surface area contributed by atoms with Crippen molar-refractivity contribution in [2.75, 3.05) is 20.6 Å². The first-order valence-electron chi connectivity index (χ1n) is 6.72. The van der Waals surface area contributed by atoms with Gasteiger partial charge in [0.25, 0.3) is 0 Å². The molecule has 0 aliphatic rings. The van der Waals surface area contributed by atoms with Crippen LogP contribution in [0.3, 0.4) is 0 Å². The first-order valence-corrected chi connectivity index (χ1v) is 7.47. The molecule has 0 saturated carbocycles. The Morgan fingerprint density at radius 3 is 2.55 bits per heavy atom. The minimum absolute atomic E-state index is 0.0606. The zero-order chi connectivity index (χ0) is 16.4. The molecule has 1 heterocycles. The van der Waals surface area contributed by atoms with E-state index in [0.717, 1.165) is 19.0 Å². The molecule has 0 atom stereocenters. The monoisotopic (exact) mass is 342 g/mol. The van der Waals surface area contributed by atoms with E-state index in [4.69, 9.17) is 23.2 Å². The fourth-order valence-corrected chi connectivity index (χ4v) is 2.96. The van der Waals surface area contributed by atoms with E-state index in [1.54, 1.807) is 10.6 Å². The molecule has 1 N–H and O–H groups in total. The maximum absolute atomic E-state index is 12.2. The van der Waals surface area contributed by atoms with E-state index >= 15 is 0 Å². The van der Waals surface area contributed by atoms with Crippen molar-refractivity contribution >= 4 is 40.1 Å². The molecule has 2 aromatic rings. The zero-order valence-electron chi connectivity index (χ0n) is 12.3. The lowest BCUT2D eigenvalue weighted by Gasteiger charge is -2.17. The van der Waals surface area contributed by atoms with Gasteiger partial charge in [-0.05, 0) is 39.2 Å². The summed E-state index contributed by atoms with van der Waals surface area (Å²) < 4.78 is 1.58. The second kappa shape index (κ2) is 6.69. The highest BCUT2D eigenvalue weighted by Gasteiger charge is 2.17. The molecule has 0 amide bonds. The summed E-state index contributed by atoms with van der Waals surface area (Å²) in [6, 6.07) is 4.17. The van der Waals surface area contributed by atoms with Gasteiger partial charge in [-0.25, -0.2) is 4.79 Å². The molecule has 1 aromatic carbocycles. The van der Waals surface area contributed by atoms with Gasteiger partial charge in [-0.2, -0.15) is 0 Å². The van der Waals surface area contributed by atoms with Gasteiger partial charge in [0.15, 0.2) is 5.43 Å². The fourth-order valence-electron chi connectivity index (χ4n) is 2.38. The van der Waals surface area contributed by atoms with E-state index in [0.29, 0.717) is 22.5 Å². The number of halogens is 2. The number of pyridine rings is 1. The average molecular weight is 343 g/mol. The van der Waals surface area contributed by atoms with Crippen molar-refractivity contribution in [3.8, 4) is 0 Å². The third-order valence-corrected chi connectivity index (χ3v) is 3.85. The molecule has 1 aromatic heterocycles. The highest BCUT2D eigenvalue weighted by molar-refractivity contribution is 6.38. The van der Waals surface area contributed by atoms with Gasteiger partial charge in [0.1, 0.15) is 5.69 Å². The zero-order valence-corrected chi connectivity index (χ0v) is 13.8. The van der Waals surface area contributed by atoms with Gasteiger partial charge in [-0.1, -0.05) is 23.2 Å². The Labute approximate surface area is 137 Å². The molecule has 0 radical (unpaired) electrons. The van der Waals surface area contributed by atoms with Gasteiger partial charge in [0, 0.05) is 17.6 Å². The summed E-state index contributed by atoms with van der Waals surface area (Å²) in [7, 11) is 3.88. The van der Waals surface area contributed by atoms with Crippen LogP contribution < -0.4 is 5.43 Å². The number of carboxylic acid groups (broad SMARTS) is 1. The summed E-state index contributed by atoms with van der Waals surface area (Å²) in [5.41, 5.74) is -0.0336. The Hall–Kier alpha value is -1.56. The predicted octanol–water partition coefficient (Wildman–Crippen LogP) is 2.96. The van der Waals surface area contributed by atoms with Crippen molar-refractivity contribution < 1.29 is 9.90 Å². The summed E-state index contributed by atoms with van der Waals surface area (Å²) >= 11 is 12.1. The van der Waals surface area contributed by atoms with E-state index in [9.17, 15) is 14.7 Å². The average Bonchev–Trinajstić information content (AvgIpc) is 2.39. The SMILES string of the molecule is CN(C)CCCn1c(C(=O)O)cc(=O)c2c(Cl)cc(Cl)cc21. The van der Waals surface area contributed by atoms with Crippen LogP contribution in [0.25, 0.3) is 10.9 Å². The van der Waals surface area contributed by atoms with Crippen LogP contribution >= 0.6 is 23.2 Å². The molecule has 0 aliphatic heterocycles. The minimum atomic E-state index is -1.15. The summed E-state index contributed by atoms with van der Waals surface area (Å²) in [6.45, 7) is 1.24.